The van der Waals surface area contributed by atoms with Gasteiger partial charge in [0.1, 0.15) is 11.5 Å². The monoisotopic (exact) mass is 302 g/mol. The number of carbonyl (C=O) groups excluding carboxylic acids is 1. The molecule has 1 amide bonds. The van der Waals surface area contributed by atoms with Crippen LogP contribution in [0.1, 0.15) is 47.3 Å². The van der Waals surface area contributed by atoms with Crippen molar-refractivity contribution in [2.45, 2.75) is 46.1 Å². The average molecular weight is 302 g/mol. The molecule has 3 rings (SSSR count). The molecule has 1 aliphatic rings. The maximum Gasteiger partial charge on any atom is 0.227 e. The van der Waals surface area contributed by atoms with Crippen LogP contribution in [0.25, 0.3) is 0 Å². The summed E-state index contributed by atoms with van der Waals surface area (Å²) < 4.78 is 7.00. The molecule has 1 saturated heterocycles. The first-order valence-electron chi connectivity index (χ1n) is 7.69. The average Bonchev–Trinajstić information content (AvgIpc) is 3.15. The summed E-state index contributed by atoms with van der Waals surface area (Å²) in [6.07, 6.45) is 2.36. The molecule has 0 radical (unpaired) electrons. The molecule has 1 unspecified atom stereocenters. The lowest BCUT2D eigenvalue weighted by atomic mass is 10.1. The Labute approximate surface area is 130 Å². The largest absolute Gasteiger partial charge is 0.361 e. The summed E-state index contributed by atoms with van der Waals surface area (Å²) >= 11 is 0. The van der Waals surface area contributed by atoms with Crippen molar-refractivity contribution in [2.24, 2.45) is 7.05 Å². The van der Waals surface area contributed by atoms with E-state index in [2.05, 4.69) is 10.3 Å². The fraction of sp³-hybridized carbons (Fsp3) is 0.562. The zero-order valence-electron chi connectivity index (χ0n) is 13.6. The highest BCUT2D eigenvalue weighted by Crippen LogP contribution is 2.32. The third kappa shape index (κ3) is 2.53. The smallest absolute Gasteiger partial charge is 0.227 e. The number of aryl methyl sites for hydroxylation is 3. The molecule has 1 fully saturated rings. The van der Waals surface area contributed by atoms with E-state index in [0.29, 0.717) is 6.42 Å². The highest BCUT2D eigenvalue weighted by atomic mass is 16.5. The van der Waals surface area contributed by atoms with Crippen LogP contribution >= 0.6 is 0 Å². The first kappa shape index (κ1) is 14.8. The van der Waals surface area contributed by atoms with Crippen LogP contribution in [0.15, 0.2) is 10.6 Å². The predicted octanol–water partition coefficient (Wildman–Crippen LogP) is 2.24. The Hall–Kier alpha value is -2.11. The van der Waals surface area contributed by atoms with Gasteiger partial charge >= 0.3 is 0 Å². The van der Waals surface area contributed by atoms with Gasteiger partial charge in [0.2, 0.25) is 5.91 Å². The summed E-state index contributed by atoms with van der Waals surface area (Å²) in [5.41, 5.74) is 3.89. The first-order chi connectivity index (χ1) is 10.5. The molecule has 3 heterocycles. The number of rotatable bonds is 3. The minimum absolute atomic E-state index is 0.0437. The van der Waals surface area contributed by atoms with E-state index in [1.54, 1.807) is 0 Å². The molecular formula is C16H22N4O2. The van der Waals surface area contributed by atoms with Gasteiger partial charge in [-0.2, -0.15) is 5.10 Å². The van der Waals surface area contributed by atoms with Gasteiger partial charge in [0.25, 0.3) is 0 Å². The van der Waals surface area contributed by atoms with E-state index in [4.69, 9.17) is 4.52 Å². The van der Waals surface area contributed by atoms with Crippen LogP contribution in [0.5, 0.6) is 0 Å². The number of likely N-dealkylation sites (tertiary alicyclic amines) is 1. The van der Waals surface area contributed by atoms with E-state index in [9.17, 15) is 4.79 Å². The molecule has 0 aliphatic carbocycles. The summed E-state index contributed by atoms with van der Waals surface area (Å²) in [6.45, 7) is 6.62. The highest BCUT2D eigenvalue weighted by Gasteiger charge is 2.32. The van der Waals surface area contributed by atoms with Crippen LogP contribution in [0.3, 0.4) is 0 Å². The zero-order chi connectivity index (χ0) is 15.9. The molecule has 6 nitrogen and oxygen atoms in total. The van der Waals surface area contributed by atoms with Crippen molar-refractivity contribution in [1.29, 1.82) is 0 Å². The molecule has 1 aliphatic heterocycles. The number of hydrogen-bond acceptors (Lipinski definition) is 4. The van der Waals surface area contributed by atoms with E-state index in [-0.39, 0.29) is 11.9 Å². The Morgan fingerprint density at radius 1 is 1.41 bits per heavy atom. The lowest BCUT2D eigenvalue weighted by Crippen LogP contribution is -2.32. The lowest BCUT2D eigenvalue weighted by molar-refractivity contribution is -0.131. The van der Waals surface area contributed by atoms with E-state index in [0.717, 1.165) is 47.8 Å². The third-order valence-electron chi connectivity index (χ3n) is 4.55. The quantitative estimate of drug-likeness (QED) is 0.872. The van der Waals surface area contributed by atoms with Gasteiger partial charge in [-0.1, -0.05) is 5.16 Å². The van der Waals surface area contributed by atoms with Crippen LogP contribution < -0.4 is 0 Å². The number of hydrogen-bond donors (Lipinski definition) is 0. The molecule has 118 valence electrons. The molecule has 0 N–H and O–H groups in total. The standard InChI is InChI=1S/C16H22N4O2/c1-10-8-14(18-22-10)15-6-5-7-20(15)16(21)9-13-11(2)17-19(4)12(13)3/h8,15H,5-7,9H2,1-4H3. The van der Waals surface area contributed by atoms with Crippen molar-refractivity contribution in [3.63, 3.8) is 0 Å². The van der Waals surface area contributed by atoms with Gasteiger partial charge in [-0.3, -0.25) is 9.48 Å². The minimum atomic E-state index is 0.0437. The Morgan fingerprint density at radius 2 is 2.18 bits per heavy atom. The second kappa shape index (κ2) is 5.59. The SMILES string of the molecule is Cc1cc(C2CCCN2C(=O)Cc2c(C)nn(C)c2C)no1. The molecule has 0 bridgehead atoms. The normalized spacial score (nSPS) is 18.2. The number of nitrogens with zero attached hydrogens (tertiary/aromatic N) is 4. The van der Waals surface area contributed by atoms with Gasteiger partial charge < -0.3 is 9.42 Å². The summed E-state index contributed by atoms with van der Waals surface area (Å²) in [4.78, 5) is 14.7. The molecule has 2 aromatic heterocycles. The van der Waals surface area contributed by atoms with Crippen molar-refractivity contribution < 1.29 is 9.32 Å². The summed E-state index contributed by atoms with van der Waals surface area (Å²) in [5, 5.41) is 8.48. The summed E-state index contributed by atoms with van der Waals surface area (Å²) in [6, 6.07) is 1.97. The van der Waals surface area contributed by atoms with Crippen molar-refractivity contribution >= 4 is 5.91 Å². The zero-order valence-corrected chi connectivity index (χ0v) is 13.6. The van der Waals surface area contributed by atoms with Crippen LogP contribution in [0, 0.1) is 20.8 Å². The highest BCUT2D eigenvalue weighted by molar-refractivity contribution is 5.80. The van der Waals surface area contributed by atoms with E-state index in [1.807, 2.05) is 43.5 Å². The van der Waals surface area contributed by atoms with E-state index < -0.39 is 0 Å². The van der Waals surface area contributed by atoms with Crippen LogP contribution in [0.4, 0.5) is 0 Å². The fourth-order valence-corrected chi connectivity index (χ4v) is 3.24. The van der Waals surface area contributed by atoms with Gasteiger partial charge in [0.15, 0.2) is 0 Å². The second-order valence-corrected chi connectivity index (χ2v) is 6.06. The topological polar surface area (TPSA) is 64.2 Å². The van der Waals surface area contributed by atoms with Gasteiger partial charge in [0, 0.05) is 30.9 Å². The van der Waals surface area contributed by atoms with Crippen molar-refractivity contribution in [1.82, 2.24) is 19.8 Å². The van der Waals surface area contributed by atoms with Gasteiger partial charge in [-0.15, -0.1) is 0 Å². The lowest BCUT2D eigenvalue weighted by Gasteiger charge is -2.23. The number of aromatic nitrogens is 3. The Bertz CT molecular complexity index is 701. The number of carbonyl (C=O) groups is 1. The minimum Gasteiger partial charge on any atom is -0.361 e. The Kier molecular flexibility index (Phi) is 3.76. The van der Waals surface area contributed by atoms with Gasteiger partial charge in [-0.25, -0.2) is 0 Å². The van der Waals surface area contributed by atoms with Gasteiger partial charge in [-0.05, 0) is 33.6 Å². The molecule has 0 spiro atoms. The van der Waals surface area contributed by atoms with Crippen molar-refractivity contribution in [3.8, 4) is 0 Å². The van der Waals surface area contributed by atoms with Crippen molar-refractivity contribution in [2.75, 3.05) is 6.54 Å². The second-order valence-electron chi connectivity index (χ2n) is 6.06. The van der Waals surface area contributed by atoms with Crippen molar-refractivity contribution in [3.05, 3.63) is 34.5 Å². The third-order valence-corrected chi connectivity index (χ3v) is 4.55. The van der Waals surface area contributed by atoms with Crippen LogP contribution in [-0.4, -0.2) is 32.3 Å². The molecule has 0 aromatic carbocycles. The fourth-order valence-electron chi connectivity index (χ4n) is 3.24. The molecule has 6 heteroatoms. The van der Waals surface area contributed by atoms with Crippen LogP contribution in [-0.2, 0) is 18.3 Å². The molecular weight excluding hydrogens is 280 g/mol. The maximum absolute atomic E-state index is 12.7. The van der Waals surface area contributed by atoms with E-state index >= 15 is 0 Å². The Balaban J connectivity index is 1.79. The summed E-state index contributed by atoms with van der Waals surface area (Å²) in [7, 11) is 1.91. The van der Waals surface area contributed by atoms with Crippen LogP contribution in [0.2, 0.25) is 0 Å². The first-order valence-corrected chi connectivity index (χ1v) is 7.69. The summed E-state index contributed by atoms with van der Waals surface area (Å²) in [5.74, 6) is 0.926. The van der Waals surface area contributed by atoms with Gasteiger partial charge in [0.05, 0.1) is 18.2 Å². The number of amides is 1. The maximum atomic E-state index is 12.7. The van der Waals surface area contributed by atoms with E-state index in [1.165, 1.54) is 0 Å². The molecule has 2 aromatic rings. The molecule has 0 saturated carbocycles. The predicted molar refractivity (Wildman–Crippen MR) is 81.3 cm³/mol. The molecule has 22 heavy (non-hydrogen) atoms. The molecule has 1 atom stereocenters. The Morgan fingerprint density at radius 3 is 2.77 bits per heavy atom.